The predicted molar refractivity (Wildman–Crippen MR) is 100 cm³/mol. The molecule has 0 aliphatic carbocycles. The first-order valence-electron chi connectivity index (χ1n) is 9.35. The second kappa shape index (κ2) is 6.59. The fourth-order valence-corrected chi connectivity index (χ4v) is 4.44. The molecule has 2 aliphatic heterocycles. The molecule has 5 nitrogen and oxygen atoms in total. The number of fused-ring (bicyclic) bond motifs is 2. The molecular formula is C21H29N3O2. The average molecular weight is 355 g/mol. The molecule has 0 radical (unpaired) electrons. The number of benzene rings is 1. The molecule has 1 aromatic carbocycles. The maximum Gasteiger partial charge on any atom is 0.410 e. The Morgan fingerprint density at radius 1 is 1.15 bits per heavy atom. The quantitative estimate of drug-likeness (QED) is 0.811. The molecule has 140 valence electrons. The summed E-state index contributed by atoms with van der Waals surface area (Å²) in [5.74, 6) is -0.0598. The highest BCUT2D eigenvalue weighted by molar-refractivity contribution is 5.68. The van der Waals surface area contributed by atoms with Crippen LogP contribution in [0, 0.1) is 17.2 Å². The number of likely N-dealkylation sites (tertiary alicyclic amines) is 1. The lowest BCUT2D eigenvalue weighted by Gasteiger charge is -2.49. The summed E-state index contributed by atoms with van der Waals surface area (Å²) in [6, 6.07) is 13.1. The van der Waals surface area contributed by atoms with Gasteiger partial charge in [-0.3, -0.25) is 4.90 Å². The summed E-state index contributed by atoms with van der Waals surface area (Å²) in [6.07, 6.45) is 0.528. The molecule has 2 bridgehead atoms. The second-order valence-electron chi connectivity index (χ2n) is 8.91. The smallest absolute Gasteiger partial charge is 0.410 e. The van der Waals surface area contributed by atoms with Gasteiger partial charge in [0, 0.05) is 30.7 Å². The molecule has 0 N–H and O–H groups in total. The van der Waals surface area contributed by atoms with E-state index < -0.39 is 5.60 Å². The third kappa shape index (κ3) is 3.43. The van der Waals surface area contributed by atoms with Gasteiger partial charge in [-0.05, 0) is 46.6 Å². The molecule has 0 aromatic heterocycles. The number of ether oxygens (including phenoxy) is 1. The monoisotopic (exact) mass is 355 g/mol. The van der Waals surface area contributed by atoms with Crippen molar-refractivity contribution in [3.8, 4) is 6.07 Å². The van der Waals surface area contributed by atoms with Gasteiger partial charge in [0.1, 0.15) is 5.60 Å². The molecule has 2 aliphatic rings. The minimum Gasteiger partial charge on any atom is -0.444 e. The highest BCUT2D eigenvalue weighted by Gasteiger charge is 2.53. The molecule has 3 atom stereocenters. The van der Waals surface area contributed by atoms with Crippen molar-refractivity contribution in [1.29, 1.82) is 5.26 Å². The Kier molecular flexibility index (Phi) is 4.74. The first kappa shape index (κ1) is 18.7. The molecule has 1 aromatic rings. The van der Waals surface area contributed by atoms with E-state index in [1.54, 1.807) is 4.90 Å². The first-order chi connectivity index (χ1) is 12.1. The topological polar surface area (TPSA) is 56.6 Å². The zero-order valence-corrected chi connectivity index (χ0v) is 16.4. The highest BCUT2D eigenvalue weighted by Crippen LogP contribution is 2.43. The van der Waals surface area contributed by atoms with Gasteiger partial charge in [0.25, 0.3) is 0 Å². The normalized spacial score (nSPS) is 26.5. The average Bonchev–Trinajstić information content (AvgIpc) is 2.81. The number of carbonyl (C=O) groups is 1. The van der Waals surface area contributed by atoms with Crippen molar-refractivity contribution in [2.24, 2.45) is 5.92 Å². The molecule has 1 unspecified atom stereocenters. The van der Waals surface area contributed by atoms with Gasteiger partial charge in [-0.25, -0.2) is 4.79 Å². The van der Waals surface area contributed by atoms with Crippen LogP contribution in [0.1, 0.15) is 46.6 Å². The van der Waals surface area contributed by atoms with E-state index in [0.717, 1.165) is 6.42 Å². The van der Waals surface area contributed by atoms with Crippen molar-refractivity contribution >= 4 is 6.09 Å². The van der Waals surface area contributed by atoms with Crippen LogP contribution in [0.5, 0.6) is 0 Å². The lowest BCUT2D eigenvalue weighted by molar-refractivity contribution is -0.0297. The van der Waals surface area contributed by atoms with Crippen molar-refractivity contribution in [1.82, 2.24) is 9.80 Å². The molecular weight excluding hydrogens is 326 g/mol. The zero-order chi connectivity index (χ0) is 19.1. The van der Waals surface area contributed by atoms with Crippen LogP contribution in [0.15, 0.2) is 30.3 Å². The van der Waals surface area contributed by atoms with E-state index in [1.807, 2.05) is 26.8 Å². The van der Waals surface area contributed by atoms with Crippen molar-refractivity contribution in [2.75, 3.05) is 13.1 Å². The number of piperazine rings is 1. The number of hydrogen-bond donors (Lipinski definition) is 0. The molecule has 2 saturated heterocycles. The number of hydrogen-bond acceptors (Lipinski definition) is 4. The number of nitrogens with zero attached hydrogens (tertiary/aromatic N) is 3. The summed E-state index contributed by atoms with van der Waals surface area (Å²) in [7, 11) is 0. The molecule has 26 heavy (non-hydrogen) atoms. The van der Waals surface area contributed by atoms with E-state index in [2.05, 4.69) is 49.1 Å². The van der Waals surface area contributed by atoms with Gasteiger partial charge in [0.15, 0.2) is 0 Å². The summed E-state index contributed by atoms with van der Waals surface area (Å²) < 4.78 is 5.56. The SMILES string of the molecule is CC(C)(C)OC(=O)N1C[C@H]2CC(C#N)[C@@H](C1)N2C(C)(C)c1ccccc1. The second-order valence-corrected chi connectivity index (χ2v) is 8.91. The first-order valence-corrected chi connectivity index (χ1v) is 9.35. The van der Waals surface area contributed by atoms with Gasteiger partial charge in [0.05, 0.1) is 12.0 Å². The molecule has 2 heterocycles. The summed E-state index contributed by atoms with van der Waals surface area (Å²) in [5, 5.41) is 9.67. The molecule has 5 heteroatoms. The minimum absolute atomic E-state index is 0.0291. The molecule has 2 fully saturated rings. The van der Waals surface area contributed by atoms with Gasteiger partial charge in [-0.1, -0.05) is 30.3 Å². The largest absolute Gasteiger partial charge is 0.444 e. The van der Waals surface area contributed by atoms with E-state index in [1.165, 1.54) is 5.56 Å². The van der Waals surface area contributed by atoms with Gasteiger partial charge in [0.2, 0.25) is 0 Å². The predicted octanol–water partition coefficient (Wildman–Crippen LogP) is 3.76. The third-order valence-corrected chi connectivity index (χ3v) is 5.52. The minimum atomic E-state index is -0.509. The van der Waals surface area contributed by atoms with Crippen LogP contribution in [-0.2, 0) is 10.3 Å². The van der Waals surface area contributed by atoms with E-state index in [9.17, 15) is 10.1 Å². The van der Waals surface area contributed by atoms with Crippen LogP contribution < -0.4 is 0 Å². The summed E-state index contributed by atoms with van der Waals surface area (Å²) >= 11 is 0. The molecule has 3 rings (SSSR count). The lowest BCUT2D eigenvalue weighted by Crippen LogP contribution is -2.61. The van der Waals surface area contributed by atoms with Crippen LogP contribution in [-0.4, -0.2) is 46.7 Å². The Balaban J connectivity index is 1.85. The van der Waals surface area contributed by atoms with E-state index >= 15 is 0 Å². The molecule has 0 spiro atoms. The van der Waals surface area contributed by atoms with Crippen LogP contribution in [0.2, 0.25) is 0 Å². The van der Waals surface area contributed by atoms with E-state index in [0.29, 0.717) is 13.1 Å². The van der Waals surface area contributed by atoms with Crippen molar-refractivity contribution in [3.63, 3.8) is 0 Å². The number of nitriles is 1. The summed E-state index contributed by atoms with van der Waals surface area (Å²) in [5.41, 5.74) is 0.534. The number of amides is 1. The highest BCUT2D eigenvalue weighted by atomic mass is 16.6. The van der Waals surface area contributed by atoms with Crippen LogP contribution in [0.4, 0.5) is 4.79 Å². The Hall–Kier alpha value is -2.06. The van der Waals surface area contributed by atoms with Crippen molar-refractivity contribution in [2.45, 2.75) is 64.3 Å². The fourth-order valence-electron chi connectivity index (χ4n) is 4.44. The van der Waals surface area contributed by atoms with Crippen LogP contribution in [0.25, 0.3) is 0 Å². The Morgan fingerprint density at radius 3 is 2.38 bits per heavy atom. The van der Waals surface area contributed by atoms with Gasteiger partial charge in [-0.15, -0.1) is 0 Å². The Labute approximate surface area is 156 Å². The van der Waals surface area contributed by atoms with E-state index in [-0.39, 0.29) is 29.6 Å². The summed E-state index contributed by atoms with van der Waals surface area (Å²) in [6.45, 7) is 11.2. The maximum absolute atomic E-state index is 12.6. The molecule has 0 saturated carbocycles. The molecule has 1 amide bonds. The Bertz CT molecular complexity index is 702. The standard InChI is InChI=1S/C21H29N3O2/c1-20(2,3)26-19(25)23-13-17-11-15(12-22)18(14-23)24(17)21(4,5)16-9-7-6-8-10-16/h6-10,15,17-18H,11,13-14H2,1-5H3/t15?,17-,18-/m1/s1. The van der Waals surface area contributed by atoms with Gasteiger partial charge in [-0.2, -0.15) is 5.26 Å². The lowest BCUT2D eigenvalue weighted by atomic mass is 9.89. The van der Waals surface area contributed by atoms with Gasteiger partial charge >= 0.3 is 6.09 Å². The van der Waals surface area contributed by atoms with E-state index in [4.69, 9.17) is 4.74 Å². The summed E-state index contributed by atoms with van der Waals surface area (Å²) in [4.78, 5) is 16.8. The van der Waals surface area contributed by atoms with Crippen molar-refractivity contribution < 1.29 is 9.53 Å². The zero-order valence-electron chi connectivity index (χ0n) is 16.4. The number of rotatable bonds is 2. The van der Waals surface area contributed by atoms with Crippen molar-refractivity contribution in [3.05, 3.63) is 35.9 Å². The van der Waals surface area contributed by atoms with Crippen LogP contribution >= 0.6 is 0 Å². The Morgan fingerprint density at radius 2 is 1.81 bits per heavy atom. The van der Waals surface area contributed by atoms with Crippen LogP contribution in [0.3, 0.4) is 0 Å². The fraction of sp³-hybridized carbons (Fsp3) is 0.619. The maximum atomic E-state index is 12.6. The number of carbonyl (C=O) groups excluding carboxylic acids is 1. The third-order valence-electron chi connectivity index (χ3n) is 5.52. The van der Waals surface area contributed by atoms with Gasteiger partial charge < -0.3 is 9.64 Å².